The Morgan fingerprint density at radius 2 is 1.84 bits per heavy atom. The highest BCUT2D eigenvalue weighted by Crippen LogP contribution is 2.28. The number of phenols is 1. The van der Waals surface area contributed by atoms with Crippen LogP contribution in [0.2, 0.25) is 0 Å². The van der Waals surface area contributed by atoms with E-state index in [2.05, 4.69) is 5.32 Å². The number of carboxylic acids is 1. The number of hydrogen-bond acceptors (Lipinski definition) is 3. The molecular formula is C14H17NO4. The van der Waals surface area contributed by atoms with Gasteiger partial charge in [0.1, 0.15) is 5.75 Å². The van der Waals surface area contributed by atoms with Crippen molar-refractivity contribution in [1.29, 1.82) is 0 Å². The van der Waals surface area contributed by atoms with E-state index in [0.29, 0.717) is 0 Å². The van der Waals surface area contributed by atoms with Crippen molar-refractivity contribution in [3.63, 3.8) is 0 Å². The number of phenolic OH excluding ortho intramolecular Hbond substituents is 1. The Labute approximate surface area is 111 Å². The molecule has 3 N–H and O–H groups in total. The first-order chi connectivity index (χ1) is 9.08. The fraction of sp³-hybridized carbons (Fsp3) is 0.429. The molecule has 0 aromatic heterocycles. The summed E-state index contributed by atoms with van der Waals surface area (Å²) in [5.74, 6) is -1.44. The number of amides is 1. The lowest BCUT2D eigenvalue weighted by molar-refractivity contribution is -0.120. The first-order valence-corrected chi connectivity index (χ1v) is 6.45. The molecular weight excluding hydrogens is 246 g/mol. The van der Waals surface area contributed by atoms with Crippen molar-refractivity contribution in [3.05, 3.63) is 23.8 Å². The quantitative estimate of drug-likeness (QED) is 0.731. The highest BCUT2D eigenvalue weighted by Gasteiger charge is 2.21. The zero-order chi connectivity index (χ0) is 13.8. The molecule has 1 aromatic carbocycles. The van der Waals surface area contributed by atoms with Gasteiger partial charge in [0.25, 0.3) is 0 Å². The number of hydrogen-bond donors (Lipinski definition) is 3. The molecule has 0 radical (unpaired) electrons. The van der Waals surface area contributed by atoms with Gasteiger partial charge in [-0.3, -0.25) is 4.79 Å². The molecule has 102 valence electrons. The summed E-state index contributed by atoms with van der Waals surface area (Å²) in [6, 6.07) is 3.91. The number of carbonyl (C=O) groups excluding carboxylic acids is 1. The average molecular weight is 263 g/mol. The van der Waals surface area contributed by atoms with Crippen molar-refractivity contribution in [1.82, 2.24) is 0 Å². The van der Waals surface area contributed by atoms with Gasteiger partial charge in [0.05, 0.1) is 11.3 Å². The minimum Gasteiger partial charge on any atom is -0.506 e. The molecule has 0 saturated heterocycles. The molecule has 5 nitrogen and oxygen atoms in total. The second kappa shape index (κ2) is 5.73. The van der Waals surface area contributed by atoms with Crippen LogP contribution >= 0.6 is 0 Å². The van der Waals surface area contributed by atoms with Gasteiger partial charge < -0.3 is 15.5 Å². The monoisotopic (exact) mass is 263 g/mol. The smallest absolute Gasteiger partial charge is 0.335 e. The molecule has 2 rings (SSSR count). The summed E-state index contributed by atoms with van der Waals surface area (Å²) in [6.07, 6.45) is 5.03. The standard InChI is InChI=1S/C14H17NO4/c16-12-8-10(14(18)19)6-7-11(12)15-13(17)9-4-2-1-3-5-9/h6-9,16H,1-5H2,(H,15,17)(H,18,19). The van der Waals surface area contributed by atoms with Crippen molar-refractivity contribution < 1.29 is 19.8 Å². The van der Waals surface area contributed by atoms with E-state index in [4.69, 9.17) is 5.11 Å². The largest absolute Gasteiger partial charge is 0.506 e. The summed E-state index contributed by atoms with van der Waals surface area (Å²) in [7, 11) is 0. The van der Waals surface area contributed by atoms with Crippen molar-refractivity contribution in [3.8, 4) is 5.75 Å². The lowest BCUT2D eigenvalue weighted by atomic mass is 9.88. The maximum atomic E-state index is 12.0. The van der Waals surface area contributed by atoms with Crippen LogP contribution in [-0.2, 0) is 4.79 Å². The highest BCUT2D eigenvalue weighted by atomic mass is 16.4. The molecule has 1 saturated carbocycles. The molecule has 1 aromatic rings. The zero-order valence-electron chi connectivity index (χ0n) is 10.6. The Kier molecular flexibility index (Phi) is 4.04. The molecule has 0 bridgehead atoms. The molecule has 5 heteroatoms. The Bertz CT molecular complexity index is 492. The SMILES string of the molecule is O=C(O)c1ccc(NC(=O)C2CCCCC2)c(O)c1. The zero-order valence-corrected chi connectivity index (χ0v) is 10.6. The van der Waals surface area contributed by atoms with Gasteiger partial charge >= 0.3 is 5.97 Å². The average Bonchev–Trinajstić information content (AvgIpc) is 2.41. The highest BCUT2D eigenvalue weighted by molar-refractivity contribution is 5.95. The predicted octanol–water partition coefficient (Wildman–Crippen LogP) is 2.61. The molecule has 0 unspecified atom stereocenters. The molecule has 0 atom stereocenters. The minimum atomic E-state index is -1.11. The van der Waals surface area contributed by atoms with E-state index < -0.39 is 5.97 Å². The van der Waals surface area contributed by atoms with E-state index >= 15 is 0 Å². The number of carbonyl (C=O) groups is 2. The fourth-order valence-electron chi connectivity index (χ4n) is 2.37. The van der Waals surface area contributed by atoms with E-state index in [1.54, 1.807) is 0 Å². The van der Waals surface area contributed by atoms with Crippen LogP contribution in [0.1, 0.15) is 42.5 Å². The van der Waals surface area contributed by atoms with Gasteiger partial charge in [-0.05, 0) is 31.0 Å². The third-order valence-corrected chi connectivity index (χ3v) is 3.48. The van der Waals surface area contributed by atoms with Gasteiger partial charge in [0.2, 0.25) is 5.91 Å². The lowest BCUT2D eigenvalue weighted by Gasteiger charge is -2.21. The van der Waals surface area contributed by atoms with Crippen LogP contribution in [0, 0.1) is 5.92 Å². The number of aromatic carboxylic acids is 1. The summed E-state index contributed by atoms with van der Waals surface area (Å²) in [5, 5.41) is 21.2. The number of carboxylic acid groups (broad SMARTS) is 1. The van der Waals surface area contributed by atoms with Gasteiger partial charge in [0, 0.05) is 5.92 Å². The number of benzene rings is 1. The lowest BCUT2D eigenvalue weighted by Crippen LogP contribution is -2.24. The Morgan fingerprint density at radius 3 is 2.42 bits per heavy atom. The molecule has 1 aliphatic rings. The van der Waals surface area contributed by atoms with Crippen LogP contribution in [0.25, 0.3) is 0 Å². The molecule has 0 aliphatic heterocycles. The summed E-state index contributed by atoms with van der Waals surface area (Å²) < 4.78 is 0. The maximum absolute atomic E-state index is 12.0. The van der Waals surface area contributed by atoms with Crippen molar-refractivity contribution in [2.75, 3.05) is 5.32 Å². The predicted molar refractivity (Wildman–Crippen MR) is 70.3 cm³/mol. The van der Waals surface area contributed by atoms with Crippen LogP contribution in [0.15, 0.2) is 18.2 Å². The second-order valence-electron chi connectivity index (χ2n) is 4.86. The number of aromatic hydroxyl groups is 1. The van der Waals surface area contributed by atoms with E-state index in [0.717, 1.165) is 31.7 Å². The first-order valence-electron chi connectivity index (χ1n) is 6.45. The minimum absolute atomic E-state index is 0.00633. The Balaban J connectivity index is 2.06. The fourth-order valence-corrected chi connectivity index (χ4v) is 2.37. The molecule has 1 amide bonds. The summed E-state index contributed by atoms with van der Waals surface area (Å²) in [6.45, 7) is 0. The summed E-state index contributed by atoms with van der Waals surface area (Å²) >= 11 is 0. The molecule has 19 heavy (non-hydrogen) atoms. The molecule has 0 spiro atoms. The van der Waals surface area contributed by atoms with Crippen LogP contribution in [0.4, 0.5) is 5.69 Å². The van der Waals surface area contributed by atoms with Crippen LogP contribution < -0.4 is 5.32 Å². The van der Waals surface area contributed by atoms with Gasteiger partial charge in [-0.1, -0.05) is 19.3 Å². The van der Waals surface area contributed by atoms with Gasteiger partial charge in [-0.15, -0.1) is 0 Å². The molecule has 0 heterocycles. The van der Waals surface area contributed by atoms with E-state index in [9.17, 15) is 14.7 Å². The third kappa shape index (κ3) is 3.24. The van der Waals surface area contributed by atoms with Gasteiger partial charge in [-0.2, -0.15) is 0 Å². The van der Waals surface area contributed by atoms with E-state index in [-0.39, 0.29) is 28.8 Å². The topological polar surface area (TPSA) is 86.6 Å². The van der Waals surface area contributed by atoms with Crippen molar-refractivity contribution >= 4 is 17.6 Å². The molecule has 1 fully saturated rings. The van der Waals surface area contributed by atoms with Gasteiger partial charge in [-0.25, -0.2) is 4.79 Å². The first kappa shape index (κ1) is 13.4. The third-order valence-electron chi connectivity index (χ3n) is 3.48. The normalized spacial score (nSPS) is 16.0. The second-order valence-corrected chi connectivity index (χ2v) is 4.86. The number of nitrogens with one attached hydrogen (secondary N) is 1. The summed E-state index contributed by atoms with van der Waals surface area (Å²) in [5.41, 5.74) is 0.258. The Hall–Kier alpha value is -2.04. The van der Waals surface area contributed by atoms with Crippen LogP contribution in [-0.4, -0.2) is 22.1 Å². The Morgan fingerprint density at radius 1 is 1.16 bits per heavy atom. The van der Waals surface area contributed by atoms with Gasteiger partial charge in [0.15, 0.2) is 0 Å². The number of rotatable bonds is 3. The van der Waals surface area contributed by atoms with Crippen LogP contribution in [0.3, 0.4) is 0 Å². The number of anilines is 1. The van der Waals surface area contributed by atoms with E-state index in [1.807, 2.05) is 0 Å². The van der Waals surface area contributed by atoms with Crippen molar-refractivity contribution in [2.24, 2.45) is 5.92 Å². The summed E-state index contributed by atoms with van der Waals surface area (Å²) in [4.78, 5) is 22.7. The van der Waals surface area contributed by atoms with Crippen LogP contribution in [0.5, 0.6) is 5.75 Å². The van der Waals surface area contributed by atoms with Crippen molar-refractivity contribution in [2.45, 2.75) is 32.1 Å². The maximum Gasteiger partial charge on any atom is 0.335 e. The van der Waals surface area contributed by atoms with E-state index in [1.165, 1.54) is 18.6 Å². The molecule has 1 aliphatic carbocycles.